The Labute approximate surface area is 144 Å². The second-order valence-electron chi connectivity index (χ2n) is 5.57. The minimum atomic E-state index is 0.537. The third-order valence-corrected chi connectivity index (χ3v) is 5.51. The highest BCUT2D eigenvalue weighted by Gasteiger charge is 2.21. The van der Waals surface area contributed by atoms with E-state index in [0.29, 0.717) is 21.5 Å². The highest BCUT2D eigenvalue weighted by molar-refractivity contribution is 7.13. The van der Waals surface area contributed by atoms with Crippen molar-refractivity contribution in [2.75, 3.05) is 0 Å². The van der Waals surface area contributed by atoms with Gasteiger partial charge in [-0.15, -0.1) is 11.3 Å². The maximum atomic E-state index is 9.48. The van der Waals surface area contributed by atoms with Gasteiger partial charge in [0, 0.05) is 14.9 Å². The average Bonchev–Trinajstić information content (AvgIpc) is 2.89. The molecule has 2 nitrogen and oxygen atoms in total. The Bertz CT molecular complexity index is 786. The molecule has 1 aromatic heterocycles. The van der Waals surface area contributed by atoms with Gasteiger partial charge in [-0.3, -0.25) is 0 Å². The summed E-state index contributed by atoms with van der Waals surface area (Å²) in [6.45, 7) is 2.26. The molecular weight excluding hydrogens is 335 g/mol. The van der Waals surface area contributed by atoms with Gasteiger partial charge in [0.25, 0.3) is 0 Å². The highest BCUT2D eigenvalue weighted by Crippen LogP contribution is 2.33. The molecule has 22 heavy (non-hydrogen) atoms. The quantitative estimate of drug-likeness (QED) is 0.658. The van der Waals surface area contributed by atoms with Crippen LogP contribution in [-0.2, 0) is 12.8 Å². The van der Waals surface area contributed by atoms with Crippen molar-refractivity contribution in [2.45, 2.75) is 26.2 Å². The second-order valence-corrected chi connectivity index (χ2v) is 7.50. The molecule has 0 saturated carbocycles. The molecule has 1 aromatic carbocycles. The molecule has 1 aliphatic carbocycles. The fourth-order valence-electron chi connectivity index (χ4n) is 2.57. The normalized spacial score (nSPS) is 17.9. The van der Waals surface area contributed by atoms with Crippen molar-refractivity contribution in [2.24, 2.45) is 5.92 Å². The number of halogens is 2. The molecule has 0 spiro atoms. The number of hydrogen-bond acceptors (Lipinski definition) is 3. The molecule has 0 bridgehead atoms. The average molecular weight is 349 g/mol. The standard InChI is InChI=1S/C17H14Cl2N2S/c1-10-2-5-15-16(6-10)22-17(21-15)12(9-20)7-11-3-4-13(18)8-14(11)19/h3-4,7-8,10H,2,5-6H2,1H3/b12-7-/t10-/m1/s1. The number of allylic oxidation sites excluding steroid dienone is 1. The first-order valence-electron chi connectivity index (χ1n) is 7.12. The predicted molar refractivity (Wildman–Crippen MR) is 93.2 cm³/mol. The minimum absolute atomic E-state index is 0.537. The third-order valence-electron chi connectivity index (χ3n) is 3.80. The van der Waals surface area contributed by atoms with Crippen molar-refractivity contribution in [1.29, 1.82) is 5.26 Å². The Hall–Kier alpha value is -1.34. The smallest absolute Gasteiger partial charge is 0.134 e. The van der Waals surface area contributed by atoms with E-state index >= 15 is 0 Å². The topological polar surface area (TPSA) is 36.7 Å². The van der Waals surface area contributed by atoms with Crippen molar-refractivity contribution in [3.05, 3.63) is 49.4 Å². The molecule has 5 heteroatoms. The lowest BCUT2D eigenvalue weighted by atomic mass is 9.93. The van der Waals surface area contributed by atoms with Crippen LogP contribution in [0.5, 0.6) is 0 Å². The molecule has 0 radical (unpaired) electrons. The molecule has 3 rings (SSSR count). The van der Waals surface area contributed by atoms with E-state index < -0.39 is 0 Å². The first-order chi connectivity index (χ1) is 10.6. The van der Waals surface area contributed by atoms with Crippen molar-refractivity contribution in [3.63, 3.8) is 0 Å². The van der Waals surface area contributed by atoms with Crippen LogP contribution in [0.4, 0.5) is 0 Å². The maximum absolute atomic E-state index is 9.48. The fraction of sp³-hybridized carbons (Fsp3) is 0.294. The molecule has 0 saturated heterocycles. The summed E-state index contributed by atoms with van der Waals surface area (Å²) in [5.41, 5.74) is 2.49. The van der Waals surface area contributed by atoms with Gasteiger partial charge in [-0.05, 0) is 49.0 Å². The molecule has 0 N–H and O–H groups in total. The molecule has 2 aromatic rings. The fourth-order valence-corrected chi connectivity index (χ4v) is 4.27. The van der Waals surface area contributed by atoms with Crippen LogP contribution in [-0.4, -0.2) is 4.98 Å². The van der Waals surface area contributed by atoms with Crippen molar-refractivity contribution >= 4 is 46.2 Å². The van der Waals surface area contributed by atoms with Gasteiger partial charge in [0.05, 0.1) is 11.3 Å². The van der Waals surface area contributed by atoms with Crippen LogP contribution in [0.1, 0.15) is 34.5 Å². The largest absolute Gasteiger partial charge is 0.240 e. The van der Waals surface area contributed by atoms with Gasteiger partial charge in [0.15, 0.2) is 0 Å². The Morgan fingerprint density at radius 2 is 2.27 bits per heavy atom. The van der Waals surface area contributed by atoms with Gasteiger partial charge in [0.1, 0.15) is 11.1 Å². The number of hydrogen-bond donors (Lipinski definition) is 0. The molecule has 1 heterocycles. The summed E-state index contributed by atoms with van der Waals surface area (Å²) in [6.07, 6.45) is 5.03. The van der Waals surface area contributed by atoms with E-state index in [1.54, 1.807) is 29.5 Å². The predicted octanol–water partition coefficient (Wildman–Crippen LogP) is 5.64. The number of nitriles is 1. The summed E-state index contributed by atoms with van der Waals surface area (Å²) in [7, 11) is 0. The number of fused-ring (bicyclic) bond motifs is 1. The number of rotatable bonds is 2. The van der Waals surface area contributed by atoms with Crippen LogP contribution in [0.3, 0.4) is 0 Å². The monoisotopic (exact) mass is 348 g/mol. The van der Waals surface area contributed by atoms with Gasteiger partial charge < -0.3 is 0 Å². The van der Waals surface area contributed by atoms with E-state index in [-0.39, 0.29) is 0 Å². The Balaban J connectivity index is 1.98. The molecule has 1 atom stereocenters. The van der Waals surface area contributed by atoms with Crippen LogP contribution in [0.15, 0.2) is 18.2 Å². The Morgan fingerprint density at radius 3 is 3.00 bits per heavy atom. The van der Waals surface area contributed by atoms with Crippen LogP contribution in [0, 0.1) is 17.2 Å². The molecule has 0 aliphatic heterocycles. The van der Waals surface area contributed by atoms with Crippen LogP contribution < -0.4 is 0 Å². The van der Waals surface area contributed by atoms with E-state index in [0.717, 1.165) is 29.1 Å². The zero-order chi connectivity index (χ0) is 15.7. The van der Waals surface area contributed by atoms with Crippen molar-refractivity contribution in [1.82, 2.24) is 4.98 Å². The zero-order valence-electron chi connectivity index (χ0n) is 12.1. The molecule has 0 fully saturated rings. The molecule has 0 unspecified atom stereocenters. The summed E-state index contributed by atoms with van der Waals surface area (Å²) in [4.78, 5) is 5.98. The van der Waals surface area contributed by atoms with Crippen molar-refractivity contribution in [3.8, 4) is 6.07 Å². The second kappa shape index (κ2) is 6.42. The Morgan fingerprint density at radius 1 is 1.45 bits per heavy atom. The van der Waals surface area contributed by atoms with E-state index in [1.807, 2.05) is 6.07 Å². The number of nitrogens with zero attached hydrogens (tertiary/aromatic N) is 2. The van der Waals surface area contributed by atoms with E-state index in [2.05, 4.69) is 18.0 Å². The van der Waals surface area contributed by atoms with Gasteiger partial charge in [0.2, 0.25) is 0 Å². The molecular formula is C17H14Cl2N2S. The van der Waals surface area contributed by atoms with Gasteiger partial charge >= 0.3 is 0 Å². The van der Waals surface area contributed by atoms with Crippen molar-refractivity contribution < 1.29 is 0 Å². The maximum Gasteiger partial charge on any atom is 0.134 e. The Kier molecular flexibility index (Phi) is 4.54. The lowest BCUT2D eigenvalue weighted by molar-refractivity contribution is 0.502. The summed E-state index contributed by atoms with van der Waals surface area (Å²) < 4.78 is 0. The summed E-state index contributed by atoms with van der Waals surface area (Å²) >= 11 is 13.7. The summed E-state index contributed by atoms with van der Waals surface area (Å²) in [5, 5.41) is 11.4. The van der Waals surface area contributed by atoms with Crippen LogP contribution in [0.25, 0.3) is 11.6 Å². The zero-order valence-corrected chi connectivity index (χ0v) is 14.4. The van der Waals surface area contributed by atoms with Gasteiger partial charge in [-0.2, -0.15) is 5.26 Å². The lowest BCUT2D eigenvalue weighted by Gasteiger charge is -2.15. The van der Waals surface area contributed by atoms with Crippen LogP contribution >= 0.6 is 34.5 Å². The number of aryl methyl sites for hydroxylation is 1. The van der Waals surface area contributed by atoms with E-state index in [9.17, 15) is 5.26 Å². The summed E-state index contributed by atoms with van der Waals surface area (Å²) in [5.74, 6) is 0.695. The lowest BCUT2D eigenvalue weighted by Crippen LogP contribution is -2.09. The molecule has 1 aliphatic rings. The summed E-state index contributed by atoms with van der Waals surface area (Å²) in [6, 6.07) is 7.51. The van der Waals surface area contributed by atoms with E-state index in [4.69, 9.17) is 23.2 Å². The first kappa shape index (κ1) is 15.6. The number of aromatic nitrogens is 1. The SMILES string of the molecule is C[C@@H]1CCc2nc(/C(C#N)=C\c3ccc(Cl)cc3Cl)sc2C1. The first-order valence-corrected chi connectivity index (χ1v) is 8.70. The third kappa shape index (κ3) is 3.20. The van der Waals surface area contributed by atoms with Gasteiger partial charge in [-0.25, -0.2) is 4.98 Å². The number of thiazole rings is 1. The minimum Gasteiger partial charge on any atom is -0.240 e. The highest BCUT2D eigenvalue weighted by atomic mass is 35.5. The van der Waals surface area contributed by atoms with Crippen LogP contribution in [0.2, 0.25) is 10.0 Å². The van der Waals surface area contributed by atoms with E-state index in [1.165, 1.54) is 11.3 Å². The molecule has 0 amide bonds. The molecule has 112 valence electrons. The van der Waals surface area contributed by atoms with Gasteiger partial charge in [-0.1, -0.05) is 36.2 Å². The number of benzene rings is 1.